The fourth-order valence-corrected chi connectivity index (χ4v) is 6.11. The first-order valence-electron chi connectivity index (χ1n) is 13.3. The van der Waals surface area contributed by atoms with Crippen molar-refractivity contribution in [2.45, 2.75) is 43.9 Å². The van der Waals surface area contributed by atoms with Crippen molar-refractivity contribution >= 4 is 23.0 Å². The maximum absolute atomic E-state index is 14.1. The summed E-state index contributed by atoms with van der Waals surface area (Å²) in [7, 11) is 0. The minimum Gasteiger partial charge on any atom is -0.371 e. The third kappa shape index (κ3) is 4.69. The van der Waals surface area contributed by atoms with Gasteiger partial charge in [0.2, 0.25) is 5.91 Å². The van der Waals surface area contributed by atoms with E-state index in [9.17, 15) is 18.8 Å². The Labute approximate surface area is 219 Å². The van der Waals surface area contributed by atoms with Crippen molar-refractivity contribution in [2.24, 2.45) is 17.6 Å². The topological polar surface area (TPSA) is 114 Å². The van der Waals surface area contributed by atoms with Crippen LogP contribution in [0, 0.1) is 17.7 Å². The normalized spacial score (nSPS) is 26.5. The number of imidazole rings is 1. The number of hydrogen-bond donors (Lipinski definition) is 2. The number of benzene rings is 2. The van der Waals surface area contributed by atoms with E-state index >= 15 is 0 Å². The monoisotopic (exact) mass is 521 g/mol. The largest absolute Gasteiger partial charge is 0.371 e. The molecule has 0 bridgehead atoms. The molecule has 2 aromatic carbocycles. The number of nitrogens with zero attached hydrogens (tertiary/aromatic N) is 3. The number of likely N-dealkylation sites (tertiary alicyclic amines) is 1. The Morgan fingerprint density at radius 3 is 2.63 bits per heavy atom. The number of urea groups is 1. The molecule has 9 nitrogen and oxygen atoms in total. The molecule has 200 valence electrons. The van der Waals surface area contributed by atoms with E-state index in [0.717, 1.165) is 18.4 Å². The second-order valence-corrected chi connectivity index (χ2v) is 10.8. The minimum atomic E-state index is -0.629. The minimum absolute atomic E-state index is 0.0513. The third-order valence-electron chi connectivity index (χ3n) is 8.25. The maximum Gasteiger partial charge on any atom is 0.326 e. The summed E-state index contributed by atoms with van der Waals surface area (Å²) in [5, 5.41) is 0. The Bertz CT molecular complexity index is 1400. The van der Waals surface area contributed by atoms with E-state index in [-0.39, 0.29) is 36.9 Å². The molecule has 10 heteroatoms. The number of carbonyl (C=O) groups is 2. The number of rotatable bonds is 5. The van der Waals surface area contributed by atoms with Crippen LogP contribution < -0.4 is 11.4 Å². The molecule has 3 aliphatic rings. The van der Waals surface area contributed by atoms with Gasteiger partial charge in [-0.3, -0.25) is 9.36 Å². The molecule has 38 heavy (non-hydrogen) atoms. The van der Waals surface area contributed by atoms with E-state index in [1.807, 2.05) is 35.2 Å². The fourth-order valence-electron chi connectivity index (χ4n) is 6.11. The lowest BCUT2D eigenvalue weighted by atomic mass is 9.87. The molecule has 6 rings (SSSR count). The van der Waals surface area contributed by atoms with Crippen LogP contribution in [0.15, 0.2) is 53.3 Å². The van der Waals surface area contributed by atoms with Crippen LogP contribution in [0.4, 0.5) is 9.18 Å². The molecule has 1 aromatic heterocycles. The number of piperidine rings is 1. The first kappa shape index (κ1) is 24.7. The summed E-state index contributed by atoms with van der Waals surface area (Å²) in [6.07, 6.45) is 2.72. The van der Waals surface area contributed by atoms with Crippen LogP contribution in [-0.2, 0) is 9.53 Å². The van der Waals surface area contributed by atoms with Crippen LogP contribution in [0.1, 0.15) is 43.4 Å². The fraction of sp³-hybridized carbons (Fsp3) is 0.464. The molecule has 0 spiro atoms. The smallest absolute Gasteiger partial charge is 0.326 e. The Hall–Kier alpha value is -3.66. The summed E-state index contributed by atoms with van der Waals surface area (Å²) in [4.78, 5) is 45.7. The van der Waals surface area contributed by atoms with Gasteiger partial charge in [0.25, 0.3) is 0 Å². The average molecular weight is 522 g/mol. The van der Waals surface area contributed by atoms with E-state index in [1.54, 1.807) is 15.5 Å². The van der Waals surface area contributed by atoms with E-state index in [0.29, 0.717) is 42.9 Å². The molecule has 1 saturated carbocycles. The first-order valence-corrected chi connectivity index (χ1v) is 13.3. The van der Waals surface area contributed by atoms with Gasteiger partial charge in [0.1, 0.15) is 11.9 Å². The summed E-state index contributed by atoms with van der Waals surface area (Å²) >= 11 is 0. The predicted octanol–water partition coefficient (Wildman–Crippen LogP) is 3.18. The Morgan fingerprint density at radius 1 is 1.11 bits per heavy atom. The summed E-state index contributed by atoms with van der Waals surface area (Å²) in [5.41, 5.74) is 7.46. The van der Waals surface area contributed by atoms with Crippen LogP contribution in [0.5, 0.6) is 0 Å². The third-order valence-corrected chi connectivity index (χ3v) is 8.25. The lowest BCUT2D eigenvalue weighted by Gasteiger charge is -2.42. The number of fused-ring (bicyclic) bond motifs is 1. The number of ether oxygens (including phenoxy) is 1. The van der Waals surface area contributed by atoms with Crippen LogP contribution in [0.3, 0.4) is 0 Å². The van der Waals surface area contributed by atoms with Gasteiger partial charge in [-0.25, -0.2) is 14.0 Å². The maximum atomic E-state index is 14.1. The van der Waals surface area contributed by atoms with E-state index in [4.69, 9.17) is 10.5 Å². The number of H-pyrrole nitrogens is 1. The van der Waals surface area contributed by atoms with Gasteiger partial charge >= 0.3 is 11.7 Å². The van der Waals surface area contributed by atoms with Gasteiger partial charge in [-0.1, -0.05) is 30.3 Å². The molecule has 3 fully saturated rings. The number of nitrogens with two attached hydrogens (primary N) is 1. The van der Waals surface area contributed by atoms with Crippen LogP contribution in [-0.4, -0.2) is 63.6 Å². The highest BCUT2D eigenvalue weighted by Crippen LogP contribution is 2.37. The highest BCUT2D eigenvalue weighted by atomic mass is 19.1. The van der Waals surface area contributed by atoms with E-state index < -0.39 is 23.8 Å². The lowest BCUT2D eigenvalue weighted by Crippen LogP contribution is -2.56. The average Bonchev–Trinajstić information content (AvgIpc) is 3.69. The van der Waals surface area contributed by atoms with Gasteiger partial charge in [-0.05, 0) is 55.4 Å². The molecule has 3 aromatic rings. The van der Waals surface area contributed by atoms with Gasteiger partial charge in [0.15, 0.2) is 0 Å². The summed E-state index contributed by atoms with van der Waals surface area (Å²) in [6, 6.07) is 12.5. The second kappa shape index (κ2) is 9.90. The molecule has 0 radical (unpaired) electrons. The molecule has 3 heterocycles. The van der Waals surface area contributed by atoms with Gasteiger partial charge < -0.3 is 25.3 Å². The zero-order chi connectivity index (χ0) is 26.4. The molecule has 3 amide bonds. The number of hydrogen-bond acceptors (Lipinski definition) is 4. The summed E-state index contributed by atoms with van der Waals surface area (Å²) in [5.74, 6) is -0.633. The number of amides is 3. The Balaban J connectivity index is 1.33. The molecule has 3 N–H and O–H groups in total. The Morgan fingerprint density at radius 2 is 1.89 bits per heavy atom. The summed E-state index contributed by atoms with van der Waals surface area (Å²) < 4.78 is 22.0. The number of halogens is 1. The standard InChI is InChI=1S/C28H32FN5O4/c29-19-8-9-22-24(12-19)34(28(37)31-22)20-10-11-33(27(30)36)23(13-20)21-16-38-25(18-4-2-1-3-5-18)15-32(26(21)35)14-17-6-7-17/h1-5,8-9,12,17,20-21,23,25H,6-7,10-11,13-16H2,(H2,30,36)(H,31,37)/t20?,21-,23-,25?/m0/s1. The Kier molecular flexibility index (Phi) is 6.43. The van der Waals surface area contributed by atoms with Crippen molar-refractivity contribution in [1.82, 2.24) is 19.4 Å². The van der Waals surface area contributed by atoms with Crippen molar-refractivity contribution in [3.05, 3.63) is 70.4 Å². The van der Waals surface area contributed by atoms with Crippen molar-refractivity contribution in [1.29, 1.82) is 0 Å². The van der Waals surface area contributed by atoms with Crippen LogP contribution >= 0.6 is 0 Å². The van der Waals surface area contributed by atoms with Crippen molar-refractivity contribution in [3.63, 3.8) is 0 Å². The number of primary amides is 1. The van der Waals surface area contributed by atoms with Crippen LogP contribution in [0.2, 0.25) is 0 Å². The lowest BCUT2D eigenvalue weighted by molar-refractivity contribution is -0.137. The van der Waals surface area contributed by atoms with Crippen molar-refractivity contribution in [2.75, 3.05) is 26.2 Å². The van der Waals surface area contributed by atoms with Crippen molar-refractivity contribution < 1.29 is 18.7 Å². The zero-order valence-electron chi connectivity index (χ0n) is 21.1. The van der Waals surface area contributed by atoms with Crippen molar-refractivity contribution in [3.8, 4) is 0 Å². The van der Waals surface area contributed by atoms with E-state index in [2.05, 4.69) is 4.98 Å². The molecule has 2 unspecified atom stereocenters. The molecule has 4 atom stereocenters. The number of aromatic nitrogens is 2. The van der Waals surface area contributed by atoms with E-state index in [1.165, 1.54) is 12.1 Å². The van der Waals surface area contributed by atoms with Gasteiger partial charge in [0, 0.05) is 25.2 Å². The zero-order valence-corrected chi connectivity index (χ0v) is 21.1. The highest BCUT2D eigenvalue weighted by Gasteiger charge is 2.45. The molecule has 2 aliphatic heterocycles. The van der Waals surface area contributed by atoms with Gasteiger partial charge in [-0.2, -0.15) is 0 Å². The second-order valence-electron chi connectivity index (χ2n) is 10.8. The van der Waals surface area contributed by atoms with Gasteiger partial charge in [0.05, 0.1) is 30.1 Å². The molecule has 1 aliphatic carbocycles. The quantitative estimate of drug-likeness (QED) is 0.537. The first-order chi connectivity index (χ1) is 18.4. The van der Waals surface area contributed by atoms with Gasteiger partial charge in [-0.15, -0.1) is 0 Å². The summed E-state index contributed by atoms with van der Waals surface area (Å²) in [6.45, 7) is 1.53. The van der Waals surface area contributed by atoms with Crippen LogP contribution in [0.25, 0.3) is 11.0 Å². The highest BCUT2D eigenvalue weighted by molar-refractivity contribution is 5.82. The molecular weight excluding hydrogens is 489 g/mol. The molecular formula is C28H32FN5O4. The number of carbonyl (C=O) groups excluding carboxylic acids is 2. The predicted molar refractivity (Wildman–Crippen MR) is 139 cm³/mol. The SMILES string of the molecule is NC(=O)N1CCC(n2c(=O)[nH]c3ccc(F)cc32)C[C@H]1[C@@H]1COC(c2ccccc2)CN(CC2CC2)C1=O. The number of aromatic amines is 1. The molecule has 2 saturated heterocycles. The number of nitrogens with one attached hydrogen (secondary N) is 1.